The number of aryl methyl sites for hydroxylation is 1. The zero-order valence-corrected chi connectivity index (χ0v) is 20.1. The van der Waals surface area contributed by atoms with Crippen LogP contribution < -0.4 is 9.74 Å². The Bertz CT molecular complexity index is 1260. The minimum absolute atomic E-state index is 0.0311. The summed E-state index contributed by atoms with van der Waals surface area (Å²) >= 11 is 5.67. The third kappa shape index (κ3) is 4.21. The lowest BCUT2D eigenvalue weighted by Crippen LogP contribution is -2.40. The van der Waals surface area contributed by atoms with E-state index in [1.807, 2.05) is 38.1 Å². The monoisotopic (exact) mass is 497 g/mol. The van der Waals surface area contributed by atoms with Crippen LogP contribution in [0.25, 0.3) is 22.6 Å². The second-order valence-corrected chi connectivity index (χ2v) is 9.14. The molecule has 2 aliphatic heterocycles. The fourth-order valence-electron chi connectivity index (χ4n) is 4.44. The van der Waals surface area contributed by atoms with Gasteiger partial charge in [0.1, 0.15) is 18.3 Å². The predicted molar refractivity (Wildman–Crippen MR) is 126 cm³/mol. The maximum absolute atomic E-state index is 12.6. The first kappa shape index (κ1) is 23.2. The third-order valence-corrected chi connectivity index (χ3v) is 6.59. The van der Waals surface area contributed by atoms with Crippen LogP contribution in [0.5, 0.6) is 0 Å². The average Bonchev–Trinajstić information content (AvgIpc) is 3.52. The Kier molecular flexibility index (Phi) is 6.12. The number of pyridine rings is 1. The smallest absolute Gasteiger partial charge is 0.415 e. The van der Waals surface area contributed by atoms with Gasteiger partial charge in [-0.25, -0.2) is 14.3 Å². The van der Waals surface area contributed by atoms with E-state index in [0.29, 0.717) is 17.9 Å². The number of cyclic esters (lactones) is 1. The van der Waals surface area contributed by atoms with Crippen LogP contribution in [0.3, 0.4) is 0 Å². The van der Waals surface area contributed by atoms with E-state index in [2.05, 4.69) is 31.4 Å². The predicted octanol–water partition coefficient (Wildman–Crippen LogP) is 2.50. The van der Waals surface area contributed by atoms with Gasteiger partial charge < -0.3 is 9.47 Å². The normalized spacial score (nSPS) is 19.5. The van der Waals surface area contributed by atoms with Crippen LogP contribution in [0.4, 0.5) is 10.5 Å². The highest BCUT2D eigenvalue weighted by molar-refractivity contribution is 6.14. The van der Waals surface area contributed by atoms with Crippen molar-refractivity contribution in [2.75, 3.05) is 11.5 Å². The Labute approximate surface area is 206 Å². The van der Waals surface area contributed by atoms with E-state index in [4.69, 9.17) is 21.3 Å². The Morgan fingerprint density at radius 2 is 2.09 bits per heavy atom. The first-order chi connectivity index (χ1) is 16.9. The number of ether oxygens (including phenoxy) is 2. The van der Waals surface area contributed by atoms with Crippen molar-refractivity contribution in [1.82, 2.24) is 30.0 Å². The minimum Gasteiger partial charge on any atom is -0.460 e. The largest absolute Gasteiger partial charge is 0.460 e. The van der Waals surface area contributed by atoms with E-state index in [1.54, 1.807) is 22.8 Å². The molecule has 1 saturated heterocycles. The number of benzene rings is 1. The molecule has 0 radical (unpaired) electrons. The molecule has 0 saturated carbocycles. The highest BCUT2D eigenvalue weighted by Gasteiger charge is 2.48. The zero-order valence-electron chi connectivity index (χ0n) is 19.4. The van der Waals surface area contributed by atoms with Crippen LogP contribution in [-0.2, 0) is 27.7 Å². The number of tetrazole rings is 1. The fourth-order valence-corrected chi connectivity index (χ4v) is 4.78. The van der Waals surface area contributed by atoms with Crippen LogP contribution in [0.15, 0.2) is 36.5 Å². The summed E-state index contributed by atoms with van der Waals surface area (Å²) in [5.41, 5.74) is 4.40. The van der Waals surface area contributed by atoms with Gasteiger partial charge in [0.05, 0.1) is 11.7 Å². The number of hydrogen-bond donors (Lipinski definition) is 1. The molecule has 0 aliphatic carbocycles. The van der Waals surface area contributed by atoms with E-state index in [1.165, 1.54) is 0 Å². The minimum atomic E-state index is -0.641. The molecule has 0 spiro atoms. The van der Waals surface area contributed by atoms with Crippen molar-refractivity contribution in [2.45, 2.75) is 38.5 Å². The summed E-state index contributed by atoms with van der Waals surface area (Å²) < 4.78 is 12.5. The molecule has 1 N–H and O–H groups in total. The van der Waals surface area contributed by atoms with Gasteiger partial charge in [0.25, 0.3) is 0 Å². The molecule has 2 aromatic heterocycles. The standard InChI is InChI=1S/C23H24ClN7O4/c1-12(2)20(26-24)22(32)34-11-19-18-9-15-8-13(5-7-17(15)31(18)23(33)35-19)14-4-6-16(25-10-14)21-27-28-29-30(21)3/h4-8,10,12,18-20,26H,9,11H2,1-3H3/t18-,19-,20-/m0/s1. The van der Waals surface area contributed by atoms with Gasteiger partial charge in [-0.2, -0.15) is 0 Å². The Morgan fingerprint density at radius 3 is 2.74 bits per heavy atom. The summed E-state index contributed by atoms with van der Waals surface area (Å²) in [5, 5.41) is 11.5. The molecule has 11 nitrogen and oxygen atoms in total. The number of carbonyl (C=O) groups excluding carboxylic acids is 2. The molecule has 35 heavy (non-hydrogen) atoms. The number of fused-ring (bicyclic) bond motifs is 3. The van der Waals surface area contributed by atoms with Gasteiger partial charge in [-0.1, -0.05) is 26.0 Å². The first-order valence-electron chi connectivity index (χ1n) is 11.2. The summed E-state index contributed by atoms with van der Waals surface area (Å²) in [4.78, 5) is 33.5. The topological polar surface area (TPSA) is 124 Å². The summed E-state index contributed by atoms with van der Waals surface area (Å²) in [6.07, 6.45) is 1.36. The maximum atomic E-state index is 12.6. The number of anilines is 1. The number of carbonyl (C=O) groups is 2. The van der Waals surface area contributed by atoms with Gasteiger partial charge in [0.2, 0.25) is 0 Å². The van der Waals surface area contributed by atoms with E-state index in [0.717, 1.165) is 22.4 Å². The molecule has 2 aliphatic rings. The molecule has 0 unspecified atom stereocenters. The number of aromatic nitrogens is 5. The summed E-state index contributed by atoms with van der Waals surface area (Å²) in [6.45, 7) is 3.69. The highest BCUT2D eigenvalue weighted by atomic mass is 35.5. The molecule has 4 heterocycles. The number of amides is 1. The lowest BCUT2D eigenvalue weighted by Gasteiger charge is -2.20. The molecule has 5 rings (SSSR count). The van der Waals surface area contributed by atoms with Crippen molar-refractivity contribution >= 4 is 29.5 Å². The molecular formula is C23H24ClN7O4. The van der Waals surface area contributed by atoms with Gasteiger partial charge in [-0.15, -0.1) is 5.10 Å². The van der Waals surface area contributed by atoms with Crippen molar-refractivity contribution in [3.8, 4) is 22.6 Å². The van der Waals surface area contributed by atoms with Gasteiger partial charge >= 0.3 is 12.1 Å². The van der Waals surface area contributed by atoms with Gasteiger partial charge in [-0.05, 0) is 63.9 Å². The molecule has 12 heteroatoms. The number of nitrogens with zero attached hydrogens (tertiary/aromatic N) is 6. The van der Waals surface area contributed by atoms with E-state index in [-0.39, 0.29) is 18.6 Å². The number of esters is 1. The van der Waals surface area contributed by atoms with E-state index < -0.39 is 24.2 Å². The maximum Gasteiger partial charge on any atom is 0.415 e. The average molecular weight is 498 g/mol. The molecule has 3 atom stereocenters. The number of nitrogens with one attached hydrogen (secondary N) is 1. The van der Waals surface area contributed by atoms with Crippen LogP contribution in [0.1, 0.15) is 19.4 Å². The van der Waals surface area contributed by atoms with Crippen LogP contribution in [-0.4, -0.2) is 62.0 Å². The molecule has 1 aromatic carbocycles. The molecule has 182 valence electrons. The Hall–Kier alpha value is -3.57. The van der Waals surface area contributed by atoms with Gasteiger partial charge in [-0.3, -0.25) is 14.7 Å². The Morgan fingerprint density at radius 1 is 1.29 bits per heavy atom. The molecular weight excluding hydrogens is 474 g/mol. The van der Waals surface area contributed by atoms with Crippen molar-refractivity contribution in [3.05, 3.63) is 42.1 Å². The van der Waals surface area contributed by atoms with Crippen molar-refractivity contribution in [3.63, 3.8) is 0 Å². The summed E-state index contributed by atoms with van der Waals surface area (Å²) in [6, 6.07) is 8.85. The molecule has 3 aromatic rings. The summed E-state index contributed by atoms with van der Waals surface area (Å²) in [5.74, 6) is 0.0608. The summed E-state index contributed by atoms with van der Waals surface area (Å²) in [7, 11) is 1.76. The van der Waals surface area contributed by atoms with Gasteiger partial charge in [0, 0.05) is 18.8 Å². The number of halogens is 1. The highest BCUT2D eigenvalue weighted by Crippen LogP contribution is 2.40. The molecule has 0 bridgehead atoms. The molecule has 1 fully saturated rings. The van der Waals surface area contributed by atoms with Crippen LogP contribution in [0, 0.1) is 5.92 Å². The molecule has 1 amide bonds. The van der Waals surface area contributed by atoms with Crippen molar-refractivity contribution in [1.29, 1.82) is 0 Å². The number of hydrogen-bond acceptors (Lipinski definition) is 9. The Balaban J connectivity index is 1.31. The fraction of sp³-hybridized carbons (Fsp3) is 0.391. The van der Waals surface area contributed by atoms with Crippen LogP contribution in [0.2, 0.25) is 0 Å². The first-order valence-corrected chi connectivity index (χ1v) is 11.6. The number of rotatable bonds is 7. The zero-order chi connectivity index (χ0) is 24.7. The lowest BCUT2D eigenvalue weighted by atomic mass is 10.0. The van der Waals surface area contributed by atoms with E-state index in [9.17, 15) is 9.59 Å². The van der Waals surface area contributed by atoms with Gasteiger partial charge in [0.15, 0.2) is 11.9 Å². The van der Waals surface area contributed by atoms with Crippen molar-refractivity contribution in [2.24, 2.45) is 13.0 Å². The quantitative estimate of drug-likeness (QED) is 0.387. The second-order valence-electron chi connectivity index (χ2n) is 8.93. The SMILES string of the molecule is CC(C)[C@H](NCl)C(=O)OC[C@@H]1OC(=O)N2c3ccc(-c4ccc(-c5nnnn5C)nc4)cc3C[C@@H]12. The van der Waals surface area contributed by atoms with E-state index >= 15 is 0 Å². The van der Waals surface area contributed by atoms with Crippen molar-refractivity contribution < 1.29 is 19.1 Å². The lowest BCUT2D eigenvalue weighted by molar-refractivity contribution is -0.149. The second kappa shape index (κ2) is 9.23. The van der Waals surface area contributed by atoms with Crippen LogP contribution >= 0.6 is 11.8 Å². The third-order valence-electron chi connectivity index (χ3n) is 6.35.